The van der Waals surface area contributed by atoms with Gasteiger partial charge in [0.15, 0.2) is 0 Å². The normalized spacial score (nSPS) is 10.9. The molecule has 3 nitrogen and oxygen atoms in total. The van der Waals surface area contributed by atoms with E-state index in [1.165, 1.54) is 18.6 Å². The Hall–Kier alpha value is -0.480. The van der Waals surface area contributed by atoms with Gasteiger partial charge in [0.2, 0.25) is 5.89 Å². The standard InChI is InChI=1S/C11H20N2OS/c1-9-10(2)14-11(13-9)8-12-6-4-5-7-15-3/h12H,4-8H2,1-3H3. The lowest BCUT2D eigenvalue weighted by atomic mass is 10.3. The van der Waals surface area contributed by atoms with Gasteiger partial charge in [-0.2, -0.15) is 11.8 Å². The molecule has 0 amide bonds. The first kappa shape index (κ1) is 12.6. The van der Waals surface area contributed by atoms with E-state index in [1.54, 1.807) is 0 Å². The molecule has 1 aromatic heterocycles. The van der Waals surface area contributed by atoms with Crippen LogP contribution in [-0.2, 0) is 6.54 Å². The Morgan fingerprint density at radius 1 is 1.33 bits per heavy atom. The van der Waals surface area contributed by atoms with E-state index in [0.717, 1.165) is 30.4 Å². The van der Waals surface area contributed by atoms with Crippen molar-refractivity contribution in [3.63, 3.8) is 0 Å². The topological polar surface area (TPSA) is 38.1 Å². The fraction of sp³-hybridized carbons (Fsp3) is 0.727. The van der Waals surface area contributed by atoms with Gasteiger partial charge in [0, 0.05) is 0 Å². The molecular formula is C11H20N2OS. The molecule has 0 saturated heterocycles. The van der Waals surface area contributed by atoms with Crippen LogP contribution < -0.4 is 5.32 Å². The van der Waals surface area contributed by atoms with Gasteiger partial charge in [0.1, 0.15) is 5.76 Å². The molecule has 1 N–H and O–H groups in total. The highest BCUT2D eigenvalue weighted by Gasteiger charge is 2.03. The zero-order valence-electron chi connectivity index (χ0n) is 9.80. The molecular weight excluding hydrogens is 208 g/mol. The molecule has 0 bridgehead atoms. The molecule has 1 heterocycles. The van der Waals surface area contributed by atoms with Crippen LogP contribution in [0.5, 0.6) is 0 Å². The highest BCUT2D eigenvalue weighted by atomic mass is 32.2. The first-order chi connectivity index (χ1) is 7.24. The quantitative estimate of drug-likeness (QED) is 0.728. The number of aryl methyl sites for hydroxylation is 2. The first-order valence-corrected chi connectivity index (χ1v) is 6.76. The van der Waals surface area contributed by atoms with E-state index in [9.17, 15) is 0 Å². The lowest BCUT2D eigenvalue weighted by molar-refractivity contribution is 0.447. The van der Waals surface area contributed by atoms with Gasteiger partial charge in [-0.15, -0.1) is 0 Å². The molecule has 0 aliphatic heterocycles. The van der Waals surface area contributed by atoms with Crippen molar-refractivity contribution in [2.75, 3.05) is 18.6 Å². The number of unbranched alkanes of at least 4 members (excludes halogenated alkanes) is 1. The van der Waals surface area contributed by atoms with Gasteiger partial charge in [-0.1, -0.05) is 0 Å². The van der Waals surface area contributed by atoms with Gasteiger partial charge in [-0.25, -0.2) is 4.98 Å². The fourth-order valence-corrected chi connectivity index (χ4v) is 1.80. The average molecular weight is 228 g/mol. The summed E-state index contributed by atoms with van der Waals surface area (Å²) in [6, 6.07) is 0. The zero-order chi connectivity index (χ0) is 11.1. The Kier molecular flexibility index (Phi) is 5.79. The average Bonchev–Trinajstić information content (AvgIpc) is 2.52. The minimum atomic E-state index is 0.744. The Morgan fingerprint density at radius 3 is 2.73 bits per heavy atom. The van der Waals surface area contributed by atoms with Gasteiger partial charge in [0.25, 0.3) is 0 Å². The molecule has 1 rings (SSSR count). The van der Waals surface area contributed by atoms with E-state index in [2.05, 4.69) is 16.6 Å². The molecule has 0 spiro atoms. The van der Waals surface area contributed by atoms with E-state index < -0.39 is 0 Å². The summed E-state index contributed by atoms with van der Waals surface area (Å²) >= 11 is 1.90. The SMILES string of the molecule is CSCCCCNCc1nc(C)c(C)o1. The van der Waals surface area contributed by atoms with Crippen molar-refractivity contribution in [2.45, 2.75) is 33.2 Å². The number of thioether (sulfide) groups is 1. The van der Waals surface area contributed by atoms with Gasteiger partial charge < -0.3 is 9.73 Å². The molecule has 0 fully saturated rings. The molecule has 86 valence electrons. The number of nitrogens with zero attached hydrogens (tertiary/aromatic N) is 1. The van der Waals surface area contributed by atoms with E-state index in [-0.39, 0.29) is 0 Å². The third kappa shape index (κ3) is 4.71. The van der Waals surface area contributed by atoms with Crippen LogP contribution in [0.25, 0.3) is 0 Å². The molecule has 0 aromatic carbocycles. The van der Waals surface area contributed by atoms with Crippen molar-refractivity contribution in [1.82, 2.24) is 10.3 Å². The Morgan fingerprint density at radius 2 is 2.13 bits per heavy atom. The summed E-state index contributed by atoms with van der Waals surface area (Å²) in [5.74, 6) is 2.97. The summed E-state index contributed by atoms with van der Waals surface area (Å²) < 4.78 is 5.46. The molecule has 0 radical (unpaired) electrons. The minimum Gasteiger partial charge on any atom is -0.444 e. The van der Waals surface area contributed by atoms with Crippen molar-refractivity contribution in [1.29, 1.82) is 0 Å². The molecule has 0 aliphatic carbocycles. The second kappa shape index (κ2) is 6.90. The maximum atomic E-state index is 5.46. The van der Waals surface area contributed by atoms with Gasteiger partial charge in [-0.3, -0.25) is 0 Å². The van der Waals surface area contributed by atoms with Crippen LogP contribution in [0.4, 0.5) is 0 Å². The van der Waals surface area contributed by atoms with Crippen molar-refractivity contribution in [3.05, 3.63) is 17.3 Å². The highest BCUT2D eigenvalue weighted by Crippen LogP contribution is 2.07. The Balaban J connectivity index is 2.10. The Bertz CT molecular complexity index is 267. The molecule has 0 aliphatic rings. The van der Waals surface area contributed by atoms with Crippen LogP contribution in [-0.4, -0.2) is 23.5 Å². The molecule has 0 saturated carbocycles. The molecule has 0 unspecified atom stereocenters. The van der Waals surface area contributed by atoms with Crippen LogP contribution in [0.2, 0.25) is 0 Å². The minimum absolute atomic E-state index is 0.744. The summed E-state index contributed by atoms with van der Waals surface area (Å²) in [5, 5.41) is 3.34. The maximum absolute atomic E-state index is 5.46. The zero-order valence-corrected chi connectivity index (χ0v) is 10.6. The predicted molar refractivity (Wildman–Crippen MR) is 65.3 cm³/mol. The monoisotopic (exact) mass is 228 g/mol. The smallest absolute Gasteiger partial charge is 0.208 e. The summed E-state index contributed by atoms with van der Waals surface area (Å²) in [6.45, 7) is 5.71. The largest absolute Gasteiger partial charge is 0.444 e. The summed E-state index contributed by atoms with van der Waals surface area (Å²) in [6.07, 6.45) is 4.64. The van der Waals surface area contributed by atoms with Crippen LogP contribution in [0.15, 0.2) is 4.42 Å². The van der Waals surface area contributed by atoms with Crippen LogP contribution in [0.3, 0.4) is 0 Å². The second-order valence-corrected chi connectivity index (χ2v) is 4.61. The van der Waals surface area contributed by atoms with Gasteiger partial charge in [0.05, 0.1) is 12.2 Å². The van der Waals surface area contributed by atoms with Crippen molar-refractivity contribution >= 4 is 11.8 Å². The number of hydrogen-bond donors (Lipinski definition) is 1. The van der Waals surface area contributed by atoms with Crippen LogP contribution >= 0.6 is 11.8 Å². The summed E-state index contributed by atoms with van der Waals surface area (Å²) in [7, 11) is 0. The number of rotatable bonds is 7. The van der Waals surface area contributed by atoms with Crippen LogP contribution in [0.1, 0.15) is 30.2 Å². The van der Waals surface area contributed by atoms with Crippen molar-refractivity contribution < 1.29 is 4.42 Å². The lowest BCUT2D eigenvalue weighted by Crippen LogP contribution is -2.15. The number of aromatic nitrogens is 1. The van der Waals surface area contributed by atoms with Crippen molar-refractivity contribution in [2.24, 2.45) is 0 Å². The maximum Gasteiger partial charge on any atom is 0.208 e. The summed E-state index contributed by atoms with van der Waals surface area (Å²) in [5.41, 5.74) is 0.995. The van der Waals surface area contributed by atoms with E-state index >= 15 is 0 Å². The highest BCUT2D eigenvalue weighted by molar-refractivity contribution is 7.98. The predicted octanol–water partition coefficient (Wildman–Crippen LogP) is 2.52. The molecule has 0 atom stereocenters. The van der Waals surface area contributed by atoms with E-state index in [1.807, 2.05) is 25.6 Å². The van der Waals surface area contributed by atoms with Crippen molar-refractivity contribution in [3.8, 4) is 0 Å². The number of hydrogen-bond acceptors (Lipinski definition) is 4. The number of nitrogens with one attached hydrogen (secondary N) is 1. The van der Waals surface area contributed by atoms with Gasteiger partial charge >= 0.3 is 0 Å². The third-order valence-electron chi connectivity index (χ3n) is 2.30. The Labute approximate surface area is 96.0 Å². The van der Waals surface area contributed by atoms with Crippen LogP contribution in [0, 0.1) is 13.8 Å². The second-order valence-electron chi connectivity index (χ2n) is 3.63. The molecule has 4 heteroatoms. The summed E-state index contributed by atoms with van der Waals surface area (Å²) in [4.78, 5) is 4.31. The molecule has 1 aromatic rings. The lowest BCUT2D eigenvalue weighted by Gasteiger charge is -2.00. The first-order valence-electron chi connectivity index (χ1n) is 5.36. The number of oxazole rings is 1. The van der Waals surface area contributed by atoms with Gasteiger partial charge in [-0.05, 0) is 45.2 Å². The molecule has 15 heavy (non-hydrogen) atoms. The van der Waals surface area contributed by atoms with E-state index in [4.69, 9.17) is 4.42 Å². The fourth-order valence-electron chi connectivity index (χ4n) is 1.31. The van der Waals surface area contributed by atoms with E-state index in [0.29, 0.717) is 0 Å². The third-order valence-corrected chi connectivity index (χ3v) is 3.00.